The number of ether oxygens (including phenoxy) is 3. The Labute approximate surface area is 226 Å². The summed E-state index contributed by atoms with van der Waals surface area (Å²) in [5, 5.41) is 6.90. The van der Waals surface area contributed by atoms with Crippen molar-refractivity contribution in [2.45, 2.75) is 44.2 Å². The number of thioether (sulfide) groups is 1. The molecule has 0 unspecified atom stereocenters. The van der Waals surface area contributed by atoms with Crippen LogP contribution in [0.1, 0.15) is 25.6 Å². The number of hydrogen-bond donors (Lipinski definition) is 1. The number of thiophene rings is 1. The summed E-state index contributed by atoms with van der Waals surface area (Å²) in [6, 6.07) is 8.42. The van der Waals surface area contributed by atoms with Gasteiger partial charge in [0.25, 0.3) is 5.91 Å². The highest BCUT2D eigenvalue weighted by atomic mass is 32.2. The number of β-lactam (4-membered cyclic amide) rings is 1. The Bertz CT molecular complexity index is 1270. The SMILES string of the molecule is CC(C)(C)OC(=O)C1=C(COC(=O)Oc2ccc(N=O)cc2)CS[C@@H]2[C@H](NC(=O)Cc3cccs3)C(=O)N12. The molecule has 1 saturated heterocycles. The number of nitroso groups, excluding NO2 is 1. The van der Waals surface area contributed by atoms with Gasteiger partial charge in [0.1, 0.15) is 40.8 Å². The topological polar surface area (TPSA) is 141 Å². The summed E-state index contributed by atoms with van der Waals surface area (Å²) in [7, 11) is 0. The van der Waals surface area contributed by atoms with Crippen LogP contribution >= 0.6 is 23.1 Å². The number of amides is 2. The molecule has 2 aromatic rings. The first-order valence-electron chi connectivity index (χ1n) is 11.6. The van der Waals surface area contributed by atoms with Gasteiger partial charge in [-0.05, 0) is 61.7 Å². The summed E-state index contributed by atoms with van der Waals surface area (Å²) in [6.45, 7) is 4.78. The van der Waals surface area contributed by atoms with Gasteiger partial charge in [-0.1, -0.05) is 6.07 Å². The van der Waals surface area contributed by atoms with Gasteiger partial charge in [-0.25, -0.2) is 9.59 Å². The van der Waals surface area contributed by atoms with Gasteiger partial charge in [-0.15, -0.1) is 28.0 Å². The monoisotopic (exact) mass is 559 g/mol. The maximum atomic E-state index is 13.1. The second-order valence-corrected chi connectivity index (χ2v) is 11.5. The lowest BCUT2D eigenvalue weighted by atomic mass is 10.0. The van der Waals surface area contributed by atoms with Gasteiger partial charge in [-0.3, -0.25) is 14.5 Å². The molecular weight excluding hydrogens is 534 g/mol. The van der Waals surface area contributed by atoms with E-state index in [4.69, 9.17) is 14.2 Å². The first kappa shape index (κ1) is 27.3. The lowest BCUT2D eigenvalue weighted by Gasteiger charge is -2.49. The van der Waals surface area contributed by atoms with Crippen molar-refractivity contribution in [3.05, 3.63) is 62.8 Å². The zero-order chi connectivity index (χ0) is 27.4. The fourth-order valence-corrected chi connectivity index (χ4v) is 5.78. The number of esters is 1. The number of carbonyl (C=O) groups is 4. The zero-order valence-corrected chi connectivity index (χ0v) is 22.4. The van der Waals surface area contributed by atoms with Gasteiger partial charge in [0.15, 0.2) is 0 Å². The molecule has 4 rings (SSSR count). The van der Waals surface area contributed by atoms with Crippen LogP contribution in [0.25, 0.3) is 0 Å². The van der Waals surface area contributed by atoms with Crippen LogP contribution in [0.3, 0.4) is 0 Å². The van der Waals surface area contributed by atoms with Crippen molar-refractivity contribution in [2.24, 2.45) is 5.18 Å². The van der Waals surface area contributed by atoms with Crippen LogP contribution in [0.4, 0.5) is 10.5 Å². The molecule has 200 valence electrons. The quantitative estimate of drug-likeness (QED) is 0.221. The largest absolute Gasteiger partial charge is 0.514 e. The molecule has 0 spiro atoms. The van der Waals surface area contributed by atoms with Crippen LogP contribution in [0.15, 0.2) is 58.2 Å². The number of fused-ring (bicyclic) bond motifs is 1. The van der Waals surface area contributed by atoms with E-state index in [0.717, 1.165) is 4.88 Å². The summed E-state index contributed by atoms with van der Waals surface area (Å²) in [5.74, 6) is -1.08. The molecule has 38 heavy (non-hydrogen) atoms. The molecule has 2 amide bonds. The predicted octanol–water partition coefficient (Wildman–Crippen LogP) is 3.90. The van der Waals surface area contributed by atoms with Crippen LogP contribution in [0.5, 0.6) is 5.75 Å². The molecule has 1 aromatic heterocycles. The van der Waals surface area contributed by atoms with Gasteiger partial charge >= 0.3 is 12.1 Å². The summed E-state index contributed by atoms with van der Waals surface area (Å²) >= 11 is 2.79. The molecule has 0 bridgehead atoms. The molecule has 2 aliphatic heterocycles. The molecule has 11 nitrogen and oxygen atoms in total. The Kier molecular flexibility index (Phi) is 8.17. The molecule has 1 fully saturated rings. The molecule has 0 aliphatic carbocycles. The van der Waals surface area contributed by atoms with Crippen LogP contribution in [0, 0.1) is 4.91 Å². The van der Waals surface area contributed by atoms with E-state index in [1.807, 2.05) is 17.5 Å². The highest BCUT2D eigenvalue weighted by Gasteiger charge is 2.54. The third-order valence-corrected chi connectivity index (χ3v) is 7.59. The van der Waals surface area contributed by atoms with E-state index in [1.54, 1.807) is 20.8 Å². The first-order valence-corrected chi connectivity index (χ1v) is 13.5. The van der Waals surface area contributed by atoms with Gasteiger partial charge in [-0.2, -0.15) is 0 Å². The van der Waals surface area contributed by atoms with E-state index in [9.17, 15) is 24.1 Å². The smallest absolute Gasteiger partial charge is 0.455 e. The average molecular weight is 560 g/mol. The van der Waals surface area contributed by atoms with E-state index in [-0.39, 0.29) is 41.8 Å². The number of nitrogens with zero attached hydrogens (tertiary/aromatic N) is 2. The van der Waals surface area contributed by atoms with E-state index < -0.39 is 35.0 Å². The molecule has 0 saturated carbocycles. The minimum Gasteiger partial charge on any atom is -0.455 e. The van der Waals surface area contributed by atoms with Crippen molar-refractivity contribution >= 4 is 52.7 Å². The van der Waals surface area contributed by atoms with Crippen LogP contribution in [0.2, 0.25) is 0 Å². The van der Waals surface area contributed by atoms with Crippen molar-refractivity contribution in [1.29, 1.82) is 0 Å². The average Bonchev–Trinajstić information content (AvgIpc) is 3.37. The Morgan fingerprint density at radius 2 is 1.89 bits per heavy atom. The molecule has 0 radical (unpaired) electrons. The van der Waals surface area contributed by atoms with E-state index in [1.165, 1.54) is 52.3 Å². The second-order valence-electron chi connectivity index (χ2n) is 9.39. The van der Waals surface area contributed by atoms with Crippen LogP contribution in [-0.2, 0) is 30.3 Å². The lowest BCUT2D eigenvalue weighted by Crippen LogP contribution is -2.70. The zero-order valence-electron chi connectivity index (χ0n) is 20.8. The van der Waals surface area contributed by atoms with Crippen molar-refractivity contribution in [1.82, 2.24) is 10.2 Å². The van der Waals surface area contributed by atoms with E-state index in [0.29, 0.717) is 5.57 Å². The number of carbonyl (C=O) groups excluding carboxylic acids is 4. The molecule has 13 heteroatoms. The Balaban J connectivity index is 1.46. The Morgan fingerprint density at radius 3 is 2.53 bits per heavy atom. The Morgan fingerprint density at radius 1 is 1.16 bits per heavy atom. The van der Waals surface area contributed by atoms with E-state index >= 15 is 0 Å². The Hall–Kier alpha value is -3.71. The van der Waals surface area contributed by atoms with Crippen LogP contribution in [-0.4, -0.2) is 58.2 Å². The molecule has 2 aliphatic rings. The lowest BCUT2D eigenvalue weighted by molar-refractivity contribution is -0.159. The molecule has 2 atom stereocenters. The summed E-state index contributed by atoms with van der Waals surface area (Å²) in [4.78, 5) is 63.6. The number of hydrogen-bond acceptors (Lipinski definition) is 11. The minimum atomic E-state index is -1.03. The maximum absolute atomic E-state index is 13.1. The first-order chi connectivity index (χ1) is 18.1. The molecular formula is C25H25N3O8S2. The fourth-order valence-electron chi connectivity index (χ4n) is 3.75. The maximum Gasteiger partial charge on any atom is 0.514 e. The minimum absolute atomic E-state index is 0.00774. The predicted molar refractivity (Wildman–Crippen MR) is 140 cm³/mol. The molecule has 1 N–H and O–H groups in total. The summed E-state index contributed by atoms with van der Waals surface area (Å²) < 4.78 is 15.8. The fraction of sp³-hybridized carbons (Fsp3) is 0.360. The van der Waals surface area contributed by atoms with Crippen molar-refractivity contribution in [3.8, 4) is 5.75 Å². The number of rotatable bonds is 8. The van der Waals surface area contributed by atoms with E-state index in [2.05, 4.69) is 10.5 Å². The standard InChI is InChI=1S/C25H25N3O8S2/c1-25(2,3)36-23(31)20-14(12-34-24(32)35-16-8-6-15(27-33)7-9-16)13-38-22-19(21(30)28(20)22)26-18(29)11-17-5-4-10-37-17/h4-10,19,22H,11-13H2,1-3H3,(H,26,29)/t19-,22-/m1/s1. The van der Waals surface area contributed by atoms with Crippen molar-refractivity contribution in [2.75, 3.05) is 12.4 Å². The van der Waals surface area contributed by atoms with Gasteiger partial charge in [0, 0.05) is 16.2 Å². The van der Waals surface area contributed by atoms with Crippen molar-refractivity contribution < 1.29 is 33.4 Å². The normalized spacial score (nSPS) is 18.7. The van der Waals surface area contributed by atoms with Gasteiger partial charge < -0.3 is 19.5 Å². The number of benzene rings is 1. The third kappa shape index (κ3) is 6.40. The van der Waals surface area contributed by atoms with Crippen molar-refractivity contribution in [3.63, 3.8) is 0 Å². The highest BCUT2D eigenvalue weighted by molar-refractivity contribution is 8.00. The summed E-state index contributed by atoms with van der Waals surface area (Å²) in [6.07, 6.45) is -0.878. The van der Waals surface area contributed by atoms with Gasteiger partial charge in [0.2, 0.25) is 5.91 Å². The number of nitrogens with one attached hydrogen (secondary N) is 1. The highest BCUT2D eigenvalue weighted by Crippen LogP contribution is 2.41. The molecule has 3 heterocycles. The summed E-state index contributed by atoms with van der Waals surface area (Å²) in [5.41, 5.74) is -0.298. The second kappa shape index (κ2) is 11.4. The molecule has 1 aromatic carbocycles. The third-order valence-electron chi connectivity index (χ3n) is 5.38. The van der Waals surface area contributed by atoms with Gasteiger partial charge in [0.05, 0.1) is 6.42 Å². The van der Waals surface area contributed by atoms with Crippen LogP contribution < -0.4 is 10.1 Å².